The van der Waals surface area contributed by atoms with Gasteiger partial charge in [0.25, 0.3) is 5.56 Å². The van der Waals surface area contributed by atoms with Gasteiger partial charge in [-0.25, -0.2) is 4.79 Å². The molecule has 0 bridgehead atoms. The molecule has 30 heavy (non-hydrogen) atoms. The van der Waals surface area contributed by atoms with E-state index in [0.717, 1.165) is 21.8 Å². The van der Waals surface area contributed by atoms with Crippen LogP contribution in [0.4, 0.5) is 13.2 Å². The highest BCUT2D eigenvalue weighted by molar-refractivity contribution is 9.10. The van der Waals surface area contributed by atoms with Gasteiger partial charge in [0.15, 0.2) is 0 Å². The minimum atomic E-state index is -4.99. The zero-order valence-electron chi connectivity index (χ0n) is 16.0. The highest BCUT2D eigenvalue weighted by atomic mass is 79.9. The fraction of sp³-hybridized carbons (Fsp3) is 0.182. The van der Waals surface area contributed by atoms with Crippen molar-refractivity contribution in [3.63, 3.8) is 0 Å². The van der Waals surface area contributed by atoms with E-state index in [9.17, 15) is 27.9 Å². The summed E-state index contributed by atoms with van der Waals surface area (Å²) in [6, 6.07) is 12.6. The van der Waals surface area contributed by atoms with Crippen LogP contribution in [0.2, 0.25) is 0 Å². The molecule has 0 aliphatic heterocycles. The number of carboxylic acids is 1. The molecule has 3 aromatic rings. The lowest BCUT2D eigenvalue weighted by atomic mass is 10.0. The van der Waals surface area contributed by atoms with Gasteiger partial charge in [0.2, 0.25) is 0 Å². The second-order valence-electron chi connectivity index (χ2n) is 6.95. The molecular weight excluding hydrogens is 463 g/mol. The summed E-state index contributed by atoms with van der Waals surface area (Å²) >= 11 is 3.27. The van der Waals surface area contributed by atoms with Crippen molar-refractivity contribution in [2.45, 2.75) is 26.6 Å². The number of hydrogen-bond donors (Lipinski definition) is 1. The summed E-state index contributed by atoms with van der Waals surface area (Å²) in [4.78, 5) is 24.6. The number of pyridine rings is 1. The molecular formula is C22H17BrF3NO3. The Morgan fingerprint density at radius 1 is 1.07 bits per heavy atom. The number of aryl methyl sites for hydroxylation is 2. The van der Waals surface area contributed by atoms with Gasteiger partial charge in [-0.05, 0) is 48.7 Å². The van der Waals surface area contributed by atoms with Crippen LogP contribution >= 0.6 is 15.9 Å². The van der Waals surface area contributed by atoms with Crippen molar-refractivity contribution in [2.75, 3.05) is 0 Å². The van der Waals surface area contributed by atoms with Crippen LogP contribution in [0, 0.1) is 13.8 Å². The molecule has 1 N–H and O–H groups in total. The molecule has 0 spiro atoms. The monoisotopic (exact) mass is 479 g/mol. The molecule has 0 aliphatic rings. The first kappa shape index (κ1) is 21.8. The lowest BCUT2D eigenvalue weighted by Gasteiger charge is -2.19. The Hall–Kier alpha value is -2.87. The molecule has 8 heteroatoms. The molecule has 1 heterocycles. The van der Waals surface area contributed by atoms with Gasteiger partial charge < -0.3 is 9.67 Å². The Kier molecular flexibility index (Phi) is 5.90. The van der Waals surface area contributed by atoms with Gasteiger partial charge in [-0.3, -0.25) is 4.79 Å². The van der Waals surface area contributed by atoms with Crippen LogP contribution in [0.5, 0.6) is 0 Å². The van der Waals surface area contributed by atoms with Gasteiger partial charge in [-0.1, -0.05) is 51.8 Å². The van der Waals surface area contributed by atoms with Gasteiger partial charge in [0, 0.05) is 4.47 Å². The number of alkyl halides is 3. The van der Waals surface area contributed by atoms with Crippen LogP contribution in [-0.2, 0) is 12.7 Å². The lowest BCUT2D eigenvalue weighted by Crippen LogP contribution is -2.32. The number of aromatic carboxylic acids is 1. The van der Waals surface area contributed by atoms with E-state index in [1.165, 1.54) is 0 Å². The van der Waals surface area contributed by atoms with Crippen molar-refractivity contribution in [3.8, 4) is 11.3 Å². The fourth-order valence-electron chi connectivity index (χ4n) is 3.29. The number of hydrogen-bond acceptors (Lipinski definition) is 2. The van der Waals surface area contributed by atoms with Crippen LogP contribution in [0.1, 0.15) is 32.6 Å². The second kappa shape index (κ2) is 8.10. The predicted octanol–water partition coefficient (Wildman–Crippen LogP) is 5.66. The van der Waals surface area contributed by atoms with Crippen molar-refractivity contribution in [1.82, 2.24) is 4.57 Å². The maximum Gasteiger partial charge on any atom is 0.417 e. The average molecular weight is 480 g/mol. The number of aromatic nitrogens is 1. The third-order valence-corrected chi connectivity index (χ3v) is 5.31. The molecule has 0 aliphatic carbocycles. The van der Waals surface area contributed by atoms with E-state index < -0.39 is 28.8 Å². The summed E-state index contributed by atoms with van der Waals surface area (Å²) in [5.41, 5.74) is -1.04. The largest absolute Gasteiger partial charge is 0.477 e. The van der Waals surface area contributed by atoms with Crippen LogP contribution in [0.15, 0.2) is 57.8 Å². The topological polar surface area (TPSA) is 59.3 Å². The molecule has 0 saturated heterocycles. The van der Waals surface area contributed by atoms with Crippen molar-refractivity contribution in [3.05, 3.63) is 91.2 Å². The molecule has 3 rings (SSSR count). The summed E-state index contributed by atoms with van der Waals surface area (Å²) in [6.45, 7) is 3.67. The van der Waals surface area contributed by atoms with Crippen molar-refractivity contribution < 1.29 is 23.1 Å². The Labute approximate surface area is 178 Å². The molecule has 4 nitrogen and oxygen atoms in total. The van der Waals surface area contributed by atoms with Gasteiger partial charge >= 0.3 is 12.1 Å². The smallest absolute Gasteiger partial charge is 0.417 e. The second-order valence-corrected chi connectivity index (χ2v) is 7.86. The van der Waals surface area contributed by atoms with E-state index in [0.29, 0.717) is 15.6 Å². The van der Waals surface area contributed by atoms with Gasteiger partial charge in [0.1, 0.15) is 5.56 Å². The minimum Gasteiger partial charge on any atom is -0.477 e. The van der Waals surface area contributed by atoms with Crippen molar-refractivity contribution >= 4 is 21.9 Å². The lowest BCUT2D eigenvalue weighted by molar-refractivity contribution is -0.138. The minimum absolute atomic E-state index is 0.00944. The Balaban J connectivity index is 2.35. The molecule has 1 aromatic heterocycles. The van der Waals surface area contributed by atoms with E-state index in [-0.39, 0.29) is 12.2 Å². The molecule has 0 atom stereocenters. The summed E-state index contributed by atoms with van der Waals surface area (Å²) in [7, 11) is 0. The van der Waals surface area contributed by atoms with Crippen LogP contribution < -0.4 is 5.56 Å². The predicted molar refractivity (Wildman–Crippen MR) is 111 cm³/mol. The Morgan fingerprint density at radius 2 is 1.70 bits per heavy atom. The maximum atomic E-state index is 13.6. The first-order valence-corrected chi connectivity index (χ1v) is 9.68. The van der Waals surface area contributed by atoms with Gasteiger partial charge in [-0.15, -0.1) is 0 Å². The molecule has 0 saturated carbocycles. The number of rotatable bonds is 4. The molecule has 0 radical (unpaired) electrons. The molecule has 2 aromatic carbocycles. The number of nitrogens with zero attached hydrogens (tertiary/aromatic N) is 1. The number of carbonyl (C=O) groups is 1. The van der Waals surface area contributed by atoms with Crippen molar-refractivity contribution in [2.24, 2.45) is 0 Å². The Bertz CT molecular complexity index is 1180. The number of carboxylic acid groups (broad SMARTS) is 1. The van der Waals surface area contributed by atoms with E-state index in [2.05, 4.69) is 15.9 Å². The number of halogens is 4. The van der Waals surface area contributed by atoms with Crippen LogP contribution in [-0.4, -0.2) is 15.6 Å². The maximum absolute atomic E-state index is 13.6. The summed E-state index contributed by atoms with van der Waals surface area (Å²) in [6.07, 6.45) is -4.99. The van der Waals surface area contributed by atoms with Gasteiger partial charge in [0.05, 0.1) is 17.8 Å². The molecule has 0 unspecified atom stereocenters. The first-order chi connectivity index (χ1) is 14.0. The molecule has 0 amide bonds. The third-order valence-electron chi connectivity index (χ3n) is 4.79. The summed E-state index contributed by atoms with van der Waals surface area (Å²) in [5.74, 6) is -1.91. The van der Waals surface area contributed by atoms with Crippen LogP contribution in [0.25, 0.3) is 11.3 Å². The average Bonchev–Trinajstić information content (AvgIpc) is 2.64. The molecule has 0 fully saturated rings. The highest BCUT2D eigenvalue weighted by Gasteiger charge is 2.38. The fourth-order valence-corrected chi connectivity index (χ4v) is 3.55. The molecule has 156 valence electrons. The third kappa shape index (κ3) is 4.33. The SMILES string of the molecule is Cc1ccc(Cn2c(-c3ccc(Br)cc3)cc(C(F)(F)F)c(C(=O)O)c2=O)c(C)c1. The van der Waals surface area contributed by atoms with E-state index >= 15 is 0 Å². The quantitative estimate of drug-likeness (QED) is 0.525. The number of benzene rings is 2. The zero-order chi connectivity index (χ0) is 22.2. The van der Waals surface area contributed by atoms with Crippen LogP contribution in [0.3, 0.4) is 0 Å². The van der Waals surface area contributed by atoms with E-state index in [1.807, 2.05) is 26.0 Å². The zero-order valence-corrected chi connectivity index (χ0v) is 17.6. The summed E-state index contributed by atoms with van der Waals surface area (Å²) in [5, 5.41) is 9.37. The van der Waals surface area contributed by atoms with E-state index in [4.69, 9.17) is 0 Å². The van der Waals surface area contributed by atoms with E-state index in [1.54, 1.807) is 30.3 Å². The standard InChI is InChI=1S/C22H17BrF3NO3/c1-12-3-4-15(13(2)9-12)11-27-18(14-5-7-16(23)8-6-14)10-17(22(24,25)26)19(20(27)28)21(29)30/h3-10H,11H2,1-2H3,(H,29,30). The van der Waals surface area contributed by atoms with Gasteiger partial charge in [-0.2, -0.15) is 13.2 Å². The first-order valence-electron chi connectivity index (χ1n) is 8.89. The normalized spacial score (nSPS) is 11.5. The summed E-state index contributed by atoms with van der Waals surface area (Å²) < 4.78 is 42.6. The van der Waals surface area contributed by atoms with Crippen molar-refractivity contribution in [1.29, 1.82) is 0 Å². The Morgan fingerprint density at radius 3 is 2.23 bits per heavy atom. The highest BCUT2D eigenvalue weighted by Crippen LogP contribution is 2.34.